The second kappa shape index (κ2) is 5.50. The van der Waals surface area contributed by atoms with Gasteiger partial charge in [-0.15, -0.1) is 0 Å². The highest BCUT2D eigenvalue weighted by atomic mass is 15.6. The molecule has 1 rings (SSSR count). The molecular weight excluding hydrogens is 196 g/mol. The summed E-state index contributed by atoms with van der Waals surface area (Å²) in [5.74, 6) is 0. The van der Waals surface area contributed by atoms with E-state index in [4.69, 9.17) is 0 Å². The summed E-state index contributed by atoms with van der Waals surface area (Å²) in [4.78, 5) is 0. The van der Waals surface area contributed by atoms with Crippen LogP contribution in [0.15, 0.2) is 0 Å². The molecular formula is C14H30N2. The third kappa shape index (κ3) is 3.46. The fourth-order valence-electron chi connectivity index (χ4n) is 2.99. The van der Waals surface area contributed by atoms with Crippen LogP contribution in [0.2, 0.25) is 0 Å². The first kappa shape index (κ1) is 14.0. The molecule has 0 unspecified atom stereocenters. The summed E-state index contributed by atoms with van der Waals surface area (Å²) in [6.07, 6.45) is 7.89. The van der Waals surface area contributed by atoms with Crippen molar-refractivity contribution in [1.29, 1.82) is 0 Å². The lowest BCUT2D eigenvalue weighted by Crippen LogP contribution is -2.64. The normalized spacial score (nSPS) is 24.6. The van der Waals surface area contributed by atoms with Crippen LogP contribution < -0.4 is 5.43 Å². The maximum Gasteiger partial charge on any atom is 0.0304 e. The third-order valence-corrected chi connectivity index (χ3v) is 3.84. The number of hydrogen-bond donors (Lipinski definition) is 1. The average molecular weight is 226 g/mol. The minimum Gasteiger partial charge on any atom is -0.254 e. The first-order valence-electron chi connectivity index (χ1n) is 6.94. The average Bonchev–Trinajstić information content (AvgIpc) is 2.14. The molecule has 0 saturated carbocycles. The molecule has 0 bridgehead atoms. The van der Waals surface area contributed by atoms with E-state index in [1.54, 1.807) is 0 Å². The van der Waals surface area contributed by atoms with E-state index in [9.17, 15) is 0 Å². The fraction of sp³-hybridized carbons (Fsp3) is 1.00. The first-order valence-corrected chi connectivity index (χ1v) is 6.94. The quantitative estimate of drug-likeness (QED) is 0.719. The molecule has 0 atom stereocenters. The Hall–Kier alpha value is -0.0800. The Morgan fingerprint density at radius 1 is 1.00 bits per heavy atom. The molecule has 1 aliphatic heterocycles. The summed E-state index contributed by atoms with van der Waals surface area (Å²) < 4.78 is 0. The van der Waals surface area contributed by atoms with Crippen LogP contribution in [0.25, 0.3) is 0 Å². The smallest absolute Gasteiger partial charge is 0.0304 e. The lowest BCUT2D eigenvalue weighted by molar-refractivity contribution is -0.0701. The minimum atomic E-state index is 0.300. The second-order valence-corrected chi connectivity index (χ2v) is 6.43. The zero-order chi connectivity index (χ0) is 12.2. The molecule has 0 aromatic carbocycles. The molecule has 1 N–H and O–H groups in total. The van der Waals surface area contributed by atoms with Crippen molar-refractivity contribution in [3.63, 3.8) is 0 Å². The molecule has 1 aliphatic rings. The Bertz CT molecular complexity index is 193. The number of nitrogens with zero attached hydrogens (tertiary/aromatic N) is 1. The van der Waals surface area contributed by atoms with Crippen molar-refractivity contribution in [3.05, 3.63) is 0 Å². The van der Waals surface area contributed by atoms with Crippen LogP contribution in [-0.2, 0) is 0 Å². The molecule has 1 fully saturated rings. The van der Waals surface area contributed by atoms with Crippen LogP contribution in [-0.4, -0.2) is 22.6 Å². The zero-order valence-electron chi connectivity index (χ0n) is 11.9. The molecule has 0 aromatic rings. The third-order valence-electron chi connectivity index (χ3n) is 3.84. The molecule has 96 valence electrons. The van der Waals surface area contributed by atoms with Gasteiger partial charge in [0.25, 0.3) is 0 Å². The summed E-state index contributed by atoms with van der Waals surface area (Å²) in [5.41, 5.74) is 4.27. The van der Waals surface area contributed by atoms with Crippen molar-refractivity contribution in [3.8, 4) is 0 Å². The molecule has 0 aromatic heterocycles. The van der Waals surface area contributed by atoms with Crippen molar-refractivity contribution >= 4 is 0 Å². The number of piperidine rings is 1. The van der Waals surface area contributed by atoms with Gasteiger partial charge in [-0.3, -0.25) is 5.43 Å². The molecule has 0 radical (unpaired) electrons. The van der Waals surface area contributed by atoms with Gasteiger partial charge in [-0.25, -0.2) is 5.01 Å². The molecule has 0 aliphatic carbocycles. The van der Waals surface area contributed by atoms with Crippen LogP contribution in [0, 0.1) is 0 Å². The molecule has 0 amide bonds. The van der Waals surface area contributed by atoms with Gasteiger partial charge in [-0.05, 0) is 53.4 Å². The Balaban J connectivity index is 2.50. The van der Waals surface area contributed by atoms with Crippen molar-refractivity contribution in [2.45, 2.75) is 84.2 Å². The van der Waals surface area contributed by atoms with E-state index in [1.807, 2.05) is 0 Å². The van der Waals surface area contributed by atoms with Gasteiger partial charge >= 0.3 is 0 Å². The van der Waals surface area contributed by atoms with Crippen LogP contribution in [0.4, 0.5) is 0 Å². The number of rotatable bonds is 5. The molecule has 0 spiro atoms. The number of nitrogens with one attached hydrogen (secondary N) is 1. The SMILES string of the molecule is CCCCCNN1C(C)(C)CCCC1(C)C. The predicted octanol–water partition coefficient (Wildman–Crippen LogP) is 3.72. The van der Waals surface area contributed by atoms with E-state index in [0.717, 1.165) is 6.54 Å². The van der Waals surface area contributed by atoms with Gasteiger partial charge in [0, 0.05) is 17.6 Å². The Morgan fingerprint density at radius 3 is 2.06 bits per heavy atom. The first-order chi connectivity index (χ1) is 7.40. The Labute approximate surface area is 102 Å². The van der Waals surface area contributed by atoms with Gasteiger partial charge in [-0.1, -0.05) is 19.8 Å². The zero-order valence-corrected chi connectivity index (χ0v) is 11.9. The molecule has 2 nitrogen and oxygen atoms in total. The predicted molar refractivity (Wildman–Crippen MR) is 71.4 cm³/mol. The van der Waals surface area contributed by atoms with E-state index in [1.165, 1.54) is 38.5 Å². The van der Waals surface area contributed by atoms with E-state index in [-0.39, 0.29) is 0 Å². The standard InChI is InChI=1S/C14H30N2/c1-6-7-8-12-15-16-13(2,3)10-9-11-14(16,4)5/h15H,6-12H2,1-5H3. The van der Waals surface area contributed by atoms with Crippen molar-refractivity contribution in [1.82, 2.24) is 10.4 Å². The number of unbranched alkanes of at least 4 members (excludes halogenated alkanes) is 2. The highest BCUT2D eigenvalue weighted by Crippen LogP contribution is 2.36. The van der Waals surface area contributed by atoms with Gasteiger partial charge in [0.2, 0.25) is 0 Å². The molecule has 1 saturated heterocycles. The van der Waals surface area contributed by atoms with Crippen LogP contribution in [0.3, 0.4) is 0 Å². The van der Waals surface area contributed by atoms with Gasteiger partial charge in [-0.2, -0.15) is 0 Å². The number of hydrazine groups is 1. The minimum absolute atomic E-state index is 0.300. The van der Waals surface area contributed by atoms with E-state index < -0.39 is 0 Å². The largest absolute Gasteiger partial charge is 0.254 e. The monoisotopic (exact) mass is 226 g/mol. The number of hydrogen-bond acceptors (Lipinski definition) is 2. The highest BCUT2D eigenvalue weighted by Gasteiger charge is 2.40. The summed E-state index contributed by atoms with van der Waals surface area (Å²) >= 11 is 0. The molecule has 2 heteroatoms. The Kier molecular flexibility index (Phi) is 4.81. The van der Waals surface area contributed by atoms with Crippen LogP contribution >= 0.6 is 0 Å². The second-order valence-electron chi connectivity index (χ2n) is 6.43. The fourth-order valence-corrected chi connectivity index (χ4v) is 2.99. The maximum atomic E-state index is 3.67. The van der Waals surface area contributed by atoms with E-state index >= 15 is 0 Å². The Morgan fingerprint density at radius 2 is 1.56 bits per heavy atom. The highest BCUT2D eigenvalue weighted by molar-refractivity contribution is 4.94. The van der Waals surface area contributed by atoms with Gasteiger partial charge in [0.05, 0.1) is 0 Å². The van der Waals surface area contributed by atoms with Gasteiger partial charge in [0.1, 0.15) is 0 Å². The summed E-state index contributed by atoms with van der Waals surface area (Å²) in [7, 11) is 0. The topological polar surface area (TPSA) is 15.3 Å². The molecule has 16 heavy (non-hydrogen) atoms. The van der Waals surface area contributed by atoms with Gasteiger partial charge in [0.15, 0.2) is 0 Å². The van der Waals surface area contributed by atoms with Crippen LogP contribution in [0.5, 0.6) is 0 Å². The maximum absolute atomic E-state index is 3.67. The summed E-state index contributed by atoms with van der Waals surface area (Å²) in [5, 5.41) is 2.51. The lowest BCUT2D eigenvalue weighted by Gasteiger charge is -2.52. The lowest BCUT2D eigenvalue weighted by atomic mass is 9.81. The summed E-state index contributed by atoms with van der Waals surface area (Å²) in [6.45, 7) is 12.8. The van der Waals surface area contributed by atoms with Crippen LogP contribution in [0.1, 0.15) is 73.1 Å². The van der Waals surface area contributed by atoms with Crippen molar-refractivity contribution in [2.24, 2.45) is 0 Å². The van der Waals surface area contributed by atoms with Crippen molar-refractivity contribution in [2.75, 3.05) is 6.54 Å². The van der Waals surface area contributed by atoms with Crippen molar-refractivity contribution < 1.29 is 0 Å². The van der Waals surface area contributed by atoms with Gasteiger partial charge < -0.3 is 0 Å². The molecule has 1 heterocycles. The summed E-state index contributed by atoms with van der Waals surface area (Å²) in [6, 6.07) is 0. The van der Waals surface area contributed by atoms with E-state index in [2.05, 4.69) is 45.1 Å². The van der Waals surface area contributed by atoms with E-state index in [0.29, 0.717) is 11.1 Å².